The quantitative estimate of drug-likeness (QED) is 0.480. The van der Waals surface area contributed by atoms with Crippen LogP contribution in [0.2, 0.25) is 5.02 Å². The smallest absolute Gasteiger partial charge is 0.264 e. The van der Waals surface area contributed by atoms with E-state index in [4.69, 9.17) is 16.3 Å². The molecule has 0 atom stereocenters. The molecule has 2 N–H and O–H groups in total. The lowest BCUT2D eigenvalue weighted by Crippen LogP contribution is -2.19. The molecule has 156 valence electrons. The number of benzene rings is 3. The van der Waals surface area contributed by atoms with Gasteiger partial charge in [0.15, 0.2) is 5.17 Å². The van der Waals surface area contributed by atoms with Crippen molar-refractivity contribution in [3.63, 3.8) is 0 Å². The molecule has 7 heteroatoms. The summed E-state index contributed by atoms with van der Waals surface area (Å²) < 4.78 is 5.86. The lowest BCUT2D eigenvalue weighted by Gasteiger charge is -2.07. The Hall–Kier alpha value is -3.22. The molecular formula is C24H19ClN2O3S. The first-order chi connectivity index (χ1) is 15.0. The molecule has 0 aromatic heterocycles. The van der Waals surface area contributed by atoms with Crippen molar-refractivity contribution in [3.8, 4) is 11.5 Å². The Bertz CT molecular complexity index is 1190. The maximum atomic E-state index is 12.4. The molecular weight excluding hydrogens is 432 g/mol. The fraction of sp³-hybridized carbons (Fsp3) is 0.0833. The number of ether oxygens (including phenoxy) is 1. The number of carbonyl (C=O) groups is 1. The molecule has 0 unspecified atom stereocenters. The highest BCUT2D eigenvalue weighted by Crippen LogP contribution is 2.32. The monoisotopic (exact) mass is 450 g/mol. The van der Waals surface area contributed by atoms with Crippen LogP contribution in [0.15, 0.2) is 76.6 Å². The van der Waals surface area contributed by atoms with Crippen LogP contribution in [0.25, 0.3) is 6.08 Å². The van der Waals surface area contributed by atoms with Gasteiger partial charge in [-0.15, -0.1) is 0 Å². The van der Waals surface area contributed by atoms with E-state index in [1.165, 1.54) is 11.8 Å². The van der Waals surface area contributed by atoms with Crippen LogP contribution in [-0.4, -0.2) is 16.2 Å². The van der Waals surface area contributed by atoms with Crippen LogP contribution in [0.4, 0.5) is 5.69 Å². The third kappa shape index (κ3) is 5.48. The molecule has 0 radical (unpaired) electrons. The molecule has 0 aliphatic carbocycles. The van der Waals surface area contributed by atoms with Gasteiger partial charge >= 0.3 is 0 Å². The minimum absolute atomic E-state index is 0.0657. The van der Waals surface area contributed by atoms with Gasteiger partial charge in [-0.3, -0.25) is 4.79 Å². The first-order valence-corrected chi connectivity index (χ1v) is 10.7. The van der Waals surface area contributed by atoms with Crippen molar-refractivity contribution in [2.24, 2.45) is 4.99 Å². The van der Waals surface area contributed by atoms with Gasteiger partial charge in [-0.25, -0.2) is 4.99 Å². The predicted molar refractivity (Wildman–Crippen MR) is 126 cm³/mol. The number of nitrogens with zero attached hydrogens (tertiary/aromatic N) is 1. The molecule has 0 spiro atoms. The normalized spacial score (nSPS) is 16.0. The fourth-order valence-electron chi connectivity index (χ4n) is 2.91. The summed E-state index contributed by atoms with van der Waals surface area (Å²) in [5, 5.41) is 13.8. The molecule has 1 aliphatic rings. The number of hydrogen-bond donors (Lipinski definition) is 2. The van der Waals surface area contributed by atoms with Crippen LogP contribution >= 0.6 is 23.4 Å². The molecule has 1 heterocycles. The zero-order valence-electron chi connectivity index (χ0n) is 16.6. The lowest BCUT2D eigenvalue weighted by molar-refractivity contribution is -0.115. The number of halogens is 1. The minimum atomic E-state index is -0.233. The summed E-state index contributed by atoms with van der Waals surface area (Å²) in [6.45, 7) is 2.33. The van der Waals surface area contributed by atoms with Gasteiger partial charge in [0.2, 0.25) is 0 Å². The summed E-state index contributed by atoms with van der Waals surface area (Å²) in [4.78, 5) is 17.3. The van der Waals surface area contributed by atoms with Crippen molar-refractivity contribution in [2.75, 3.05) is 0 Å². The van der Waals surface area contributed by atoms with E-state index >= 15 is 0 Å². The lowest BCUT2D eigenvalue weighted by atomic mass is 10.2. The molecule has 4 rings (SSSR count). The van der Waals surface area contributed by atoms with E-state index in [1.54, 1.807) is 24.3 Å². The molecule has 1 amide bonds. The van der Waals surface area contributed by atoms with Crippen LogP contribution in [0.3, 0.4) is 0 Å². The van der Waals surface area contributed by atoms with Crippen LogP contribution in [0.5, 0.6) is 11.5 Å². The van der Waals surface area contributed by atoms with Gasteiger partial charge < -0.3 is 15.2 Å². The average molecular weight is 451 g/mol. The van der Waals surface area contributed by atoms with E-state index in [-0.39, 0.29) is 11.7 Å². The summed E-state index contributed by atoms with van der Waals surface area (Å²) >= 11 is 7.14. The number of amides is 1. The molecule has 3 aromatic rings. The number of phenolic OH excluding ortho intramolecular Hbond substituents is 1. The number of carbonyl (C=O) groups excluding carboxylic acids is 1. The number of hydrogen-bond acceptors (Lipinski definition) is 5. The van der Waals surface area contributed by atoms with Gasteiger partial charge in [-0.1, -0.05) is 41.9 Å². The van der Waals surface area contributed by atoms with Gasteiger partial charge in [-0.05, 0) is 77.9 Å². The summed E-state index contributed by atoms with van der Waals surface area (Å²) in [5.74, 6) is 0.533. The number of nitrogens with one attached hydrogen (secondary N) is 1. The van der Waals surface area contributed by atoms with E-state index in [9.17, 15) is 9.90 Å². The van der Waals surface area contributed by atoms with E-state index in [2.05, 4.69) is 10.3 Å². The Labute approximate surface area is 189 Å². The standard InChI is InChI=1S/C24H19ClN2O3S/c1-15-5-10-21(28)20(11-15)26-24-27-23(29)22(31-24)13-17-3-2-4-19(12-17)30-14-16-6-8-18(25)9-7-16/h2-13,28H,14H2,1H3,(H,26,27,29)/b22-13-. The Kier molecular flexibility index (Phi) is 6.30. The third-order valence-corrected chi connectivity index (χ3v) is 5.64. The number of amidine groups is 1. The average Bonchev–Trinajstić information content (AvgIpc) is 3.09. The summed E-state index contributed by atoms with van der Waals surface area (Å²) in [6.07, 6.45) is 1.79. The van der Waals surface area contributed by atoms with Crippen molar-refractivity contribution < 1.29 is 14.6 Å². The molecule has 5 nitrogen and oxygen atoms in total. The molecule has 1 fully saturated rings. The highest BCUT2D eigenvalue weighted by atomic mass is 35.5. The van der Waals surface area contributed by atoms with E-state index in [0.717, 1.165) is 16.7 Å². The highest BCUT2D eigenvalue weighted by Gasteiger charge is 2.24. The van der Waals surface area contributed by atoms with Gasteiger partial charge in [0.05, 0.1) is 4.91 Å². The number of phenols is 1. The van der Waals surface area contributed by atoms with Crippen molar-refractivity contribution in [1.29, 1.82) is 0 Å². The Morgan fingerprint density at radius 2 is 1.94 bits per heavy atom. The highest BCUT2D eigenvalue weighted by molar-refractivity contribution is 8.18. The van der Waals surface area contributed by atoms with E-state index in [1.807, 2.05) is 55.5 Å². The summed E-state index contributed by atoms with van der Waals surface area (Å²) in [7, 11) is 0. The molecule has 0 bridgehead atoms. The molecule has 1 aliphatic heterocycles. The molecule has 31 heavy (non-hydrogen) atoms. The molecule has 1 saturated heterocycles. The third-order valence-electron chi connectivity index (χ3n) is 4.48. The largest absolute Gasteiger partial charge is 0.506 e. The number of aromatic hydroxyl groups is 1. The summed E-state index contributed by atoms with van der Waals surface area (Å²) in [6, 6.07) is 20.2. The fourth-order valence-corrected chi connectivity index (χ4v) is 3.87. The minimum Gasteiger partial charge on any atom is -0.506 e. The number of thioether (sulfide) groups is 1. The SMILES string of the molecule is Cc1ccc(O)c(N=C2NC(=O)/C(=C/c3cccc(OCc4ccc(Cl)cc4)c3)S2)c1. The maximum Gasteiger partial charge on any atom is 0.264 e. The Balaban J connectivity index is 1.47. The predicted octanol–water partition coefficient (Wildman–Crippen LogP) is 5.82. The Morgan fingerprint density at radius 3 is 2.74 bits per heavy atom. The van der Waals surface area contributed by atoms with Crippen LogP contribution in [-0.2, 0) is 11.4 Å². The number of aryl methyl sites for hydroxylation is 1. The zero-order chi connectivity index (χ0) is 21.8. The van der Waals surface area contributed by atoms with Gasteiger partial charge in [0, 0.05) is 5.02 Å². The van der Waals surface area contributed by atoms with Crippen LogP contribution in [0.1, 0.15) is 16.7 Å². The first-order valence-electron chi connectivity index (χ1n) is 9.53. The Morgan fingerprint density at radius 1 is 1.13 bits per heavy atom. The zero-order valence-corrected chi connectivity index (χ0v) is 18.2. The number of aliphatic imine (C=N–C) groups is 1. The molecule has 0 saturated carbocycles. The van der Waals surface area contributed by atoms with Crippen LogP contribution in [0, 0.1) is 6.92 Å². The second kappa shape index (κ2) is 9.29. The van der Waals surface area contributed by atoms with Crippen molar-refractivity contribution in [1.82, 2.24) is 5.32 Å². The van der Waals surface area contributed by atoms with Crippen molar-refractivity contribution >= 4 is 46.2 Å². The van der Waals surface area contributed by atoms with Crippen molar-refractivity contribution in [2.45, 2.75) is 13.5 Å². The first kappa shape index (κ1) is 21.0. The van der Waals surface area contributed by atoms with Crippen molar-refractivity contribution in [3.05, 3.63) is 93.3 Å². The maximum absolute atomic E-state index is 12.4. The van der Waals surface area contributed by atoms with Gasteiger partial charge in [-0.2, -0.15) is 0 Å². The van der Waals surface area contributed by atoms with Crippen LogP contribution < -0.4 is 10.1 Å². The topological polar surface area (TPSA) is 70.9 Å². The van der Waals surface area contributed by atoms with Gasteiger partial charge in [0.1, 0.15) is 23.8 Å². The number of rotatable bonds is 5. The van der Waals surface area contributed by atoms with E-state index < -0.39 is 0 Å². The second-order valence-corrected chi connectivity index (χ2v) is 8.43. The van der Waals surface area contributed by atoms with E-state index in [0.29, 0.717) is 33.1 Å². The molecule has 3 aromatic carbocycles. The summed E-state index contributed by atoms with van der Waals surface area (Å²) in [5.41, 5.74) is 3.24. The second-order valence-electron chi connectivity index (χ2n) is 6.96. The van der Waals surface area contributed by atoms with Gasteiger partial charge in [0.25, 0.3) is 5.91 Å².